The standard InChI is InChI=1S/C18H19FN4O3/c1-22-9-14(16(24)21-18(22)26)17(25)23-8-11-6-20-7-13(11)15(23)10-3-2-4-12(19)5-10/h2-5,9,11,13,15,20H,6-8H2,1H3,(H,21,24,26)/t11-,13-,15+/m0/s1. The highest BCUT2D eigenvalue weighted by molar-refractivity contribution is 5.94. The van der Waals surface area contributed by atoms with Crippen LogP contribution in [-0.4, -0.2) is 40.0 Å². The monoisotopic (exact) mass is 358 g/mol. The summed E-state index contributed by atoms with van der Waals surface area (Å²) < 4.78 is 14.9. The first-order valence-corrected chi connectivity index (χ1v) is 8.53. The van der Waals surface area contributed by atoms with Crippen LogP contribution in [0.15, 0.2) is 40.1 Å². The molecule has 4 rings (SSSR count). The lowest BCUT2D eigenvalue weighted by Crippen LogP contribution is -2.40. The summed E-state index contributed by atoms with van der Waals surface area (Å²) in [5.74, 6) is -0.388. The molecule has 0 aliphatic carbocycles. The van der Waals surface area contributed by atoms with Crippen LogP contribution in [0.2, 0.25) is 0 Å². The number of fused-ring (bicyclic) bond motifs is 1. The third-order valence-electron chi connectivity index (χ3n) is 5.35. The topological polar surface area (TPSA) is 87.2 Å². The number of nitrogens with zero attached hydrogens (tertiary/aromatic N) is 2. The first-order chi connectivity index (χ1) is 12.5. The van der Waals surface area contributed by atoms with Crippen molar-refractivity contribution in [3.05, 3.63) is 68.2 Å². The molecule has 0 bridgehead atoms. The number of rotatable bonds is 2. The van der Waals surface area contributed by atoms with Gasteiger partial charge in [0.05, 0.1) is 6.04 Å². The number of carbonyl (C=O) groups is 1. The number of hydrogen-bond donors (Lipinski definition) is 2. The molecule has 1 aromatic heterocycles. The van der Waals surface area contributed by atoms with Gasteiger partial charge in [0.2, 0.25) is 0 Å². The summed E-state index contributed by atoms with van der Waals surface area (Å²) in [5, 5.41) is 3.32. The molecule has 26 heavy (non-hydrogen) atoms. The Labute approximate surface area is 148 Å². The number of nitrogens with one attached hydrogen (secondary N) is 2. The zero-order valence-electron chi connectivity index (χ0n) is 14.2. The van der Waals surface area contributed by atoms with Crippen LogP contribution in [0.1, 0.15) is 22.0 Å². The Morgan fingerprint density at radius 3 is 2.85 bits per heavy atom. The van der Waals surface area contributed by atoms with E-state index in [4.69, 9.17) is 0 Å². The average Bonchev–Trinajstić information content (AvgIpc) is 3.18. The first kappa shape index (κ1) is 16.7. The van der Waals surface area contributed by atoms with E-state index in [1.165, 1.54) is 29.9 Å². The summed E-state index contributed by atoms with van der Waals surface area (Å²) in [6.07, 6.45) is 1.26. The van der Waals surface area contributed by atoms with Crippen molar-refractivity contribution in [3.8, 4) is 0 Å². The lowest BCUT2D eigenvalue weighted by molar-refractivity contribution is 0.0710. The van der Waals surface area contributed by atoms with Crippen molar-refractivity contribution in [3.63, 3.8) is 0 Å². The summed E-state index contributed by atoms with van der Waals surface area (Å²) >= 11 is 0. The third-order valence-corrected chi connectivity index (χ3v) is 5.35. The van der Waals surface area contributed by atoms with E-state index in [1.807, 2.05) is 0 Å². The molecule has 2 aromatic rings. The Kier molecular flexibility index (Phi) is 3.99. The predicted octanol–water partition coefficient (Wildman–Crippen LogP) is 0.245. The van der Waals surface area contributed by atoms with Crippen LogP contribution in [0.3, 0.4) is 0 Å². The fourth-order valence-corrected chi connectivity index (χ4v) is 4.12. The predicted molar refractivity (Wildman–Crippen MR) is 92.3 cm³/mol. The molecule has 2 saturated heterocycles. The second-order valence-electron chi connectivity index (χ2n) is 6.95. The Bertz CT molecular complexity index is 983. The van der Waals surface area contributed by atoms with E-state index >= 15 is 0 Å². The van der Waals surface area contributed by atoms with E-state index in [9.17, 15) is 18.8 Å². The molecule has 2 aliphatic rings. The minimum Gasteiger partial charge on any atom is -0.331 e. The quantitative estimate of drug-likeness (QED) is 0.805. The molecule has 0 saturated carbocycles. The fourth-order valence-electron chi connectivity index (χ4n) is 4.12. The van der Waals surface area contributed by atoms with Gasteiger partial charge in [-0.1, -0.05) is 12.1 Å². The number of aryl methyl sites for hydroxylation is 1. The SMILES string of the molecule is Cn1cc(C(=O)N2C[C@@H]3CNC[C@@H]3[C@H]2c2cccc(F)c2)c(=O)[nH]c1=O. The largest absolute Gasteiger partial charge is 0.331 e. The van der Waals surface area contributed by atoms with Crippen molar-refractivity contribution >= 4 is 5.91 Å². The molecule has 3 heterocycles. The maximum Gasteiger partial charge on any atom is 0.328 e. The van der Waals surface area contributed by atoms with Gasteiger partial charge >= 0.3 is 5.69 Å². The van der Waals surface area contributed by atoms with Crippen molar-refractivity contribution in [2.24, 2.45) is 18.9 Å². The number of hydrogen-bond acceptors (Lipinski definition) is 4. The molecule has 0 unspecified atom stereocenters. The number of benzene rings is 1. The number of carbonyl (C=O) groups excluding carboxylic acids is 1. The molecule has 1 amide bonds. The van der Waals surface area contributed by atoms with Gasteiger partial charge < -0.3 is 14.8 Å². The smallest absolute Gasteiger partial charge is 0.328 e. The molecular formula is C18H19FN4O3. The minimum absolute atomic E-state index is 0.0820. The van der Waals surface area contributed by atoms with Gasteiger partial charge in [-0.25, -0.2) is 9.18 Å². The van der Waals surface area contributed by atoms with Crippen LogP contribution in [0.4, 0.5) is 4.39 Å². The van der Waals surface area contributed by atoms with E-state index in [1.54, 1.807) is 17.0 Å². The van der Waals surface area contributed by atoms with Gasteiger partial charge in [0.15, 0.2) is 0 Å². The number of halogens is 1. The van der Waals surface area contributed by atoms with E-state index in [0.717, 1.165) is 18.7 Å². The van der Waals surface area contributed by atoms with Crippen molar-refractivity contribution in [1.29, 1.82) is 0 Å². The van der Waals surface area contributed by atoms with Crippen LogP contribution < -0.4 is 16.6 Å². The van der Waals surface area contributed by atoms with Gasteiger partial charge in [0.1, 0.15) is 11.4 Å². The normalized spacial score (nSPS) is 24.7. The van der Waals surface area contributed by atoms with Gasteiger partial charge in [-0.2, -0.15) is 0 Å². The highest BCUT2D eigenvalue weighted by Crippen LogP contribution is 2.43. The van der Waals surface area contributed by atoms with Crippen LogP contribution in [0.25, 0.3) is 0 Å². The molecule has 3 atom stereocenters. The van der Waals surface area contributed by atoms with Crippen LogP contribution in [0.5, 0.6) is 0 Å². The molecule has 8 heteroatoms. The Morgan fingerprint density at radius 2 is 2.08 bits per heavy atom. The van der Waals surface area contributed by atoms with Gasteiger partial charge in [0.25, 0.3) is 11.5 Å². The lowest BCUT2D eigenvalue weighted by atomic mass is 9.89. The number of likely N-dealkylation sites (tertiary alicyclic amines) is 1. The van der Waals surface area contributed by atoms with Crippen molar-refractivity contribution < 1.29 is 9.18 Å². The maximum atomic E-state index is 13.8. The minimum atomic E-state index is -0.703. The lowest BCUT2D eigenvalue weighted by Gasteiger charge is -2.28. The van der Waals surface area contributed by atoms with E-state index < -0.39 is 17.2 Å². The summed E-state index contributed by atoms with van der Waals surface area (Å²) in [4.78, 5) is 40.6. The molecule has 1 aromatic carbocycles. The van der Waals surface area contributed by atoms with Crippen molar-refractivity contribution in [2.75, 3.05) is 19.6 Å². The number of aromatic nitrogens is 2. The molecular weight excluding hydrogens is 339 g/mol. The van der Waals surface area contributed by atoms with Gasteiger partial charge in [-0.05, 0) is 23.6 Å². The number of aromatic amines is 1. The molecule has 7 nitrogen and oxygen atoms in total. The molecule has 2 N–H and O–H groups in total. The molecule has 2 fully saturated rings. The summed E-state index contributed by atoms with van der Waals surface area (Å²) in [6.45, 7) is 2.00. The second-order valence-corrected chi connectivity index (χ2v) is 6.95. The first-order valence-electron chi connectivity index (χ1n) is 8.53. The number of H-pyrrole nitrogens is 1. The van der Waals surface area contributed by atoms with E-state index in [-0.39, 0.29) is 29.3 Å². The highest BCUT2D eigenvalue weighted by atomic mass is 19.1. The highest BCUT2D eigenvalue weighted by Gasteiger charge is 2.47. The number of amides is 1. The van der Waals surface area contributed by atoms with Crippen LogP contribution in [0, 0.1) is 17.7 Å². The van der Waals surface area contributed by atoms with Gasteiger partial charge in [-0.3, -0.25) is 14.6 Å². The zero-order valence-corrected chi connectivity index (χ0v) is 14.2. The molecule has 0 radical (unpaired) electrons. The van der Waals surface area contributed by atoms with E-state index in [2.05, 4.69) is 10.3 Å². The Hall–Kier alpha value is -2.74. The van der Waals surface area contributed by atoms with Crippen LogP contribution >= 0.6 is 0 Å². The molecule has 0 spiro atoms. The summed E-state index contributed by atoms with van der Waals surface area (Å²) in [7, 11) is 1.47. The Morgan fingerprint density at radius 1 is 1.27 bits per heavy atom. The van der Waals surface area contributed by atoms with Crippen molar-refractivity contribution in [1.82, 2.24) is 19.8 Å². The Balaban J connectivity index is 1.77. The third kappa shape index (κ3) is 2.66. The summed E-state index contributed by atoms with van der Waals surface area (Å²) in [5.41, 5.74) is -0.640. The second kappa shape index (κ2) is 6.21. The fraction of sp³-hybridized carbons (Fsp3) is 0.389. The molecule has 136 valence electrons. The van der Waals surface area contributed by atoms with Gasteiger partial charge in [-0.15, -0.1) is 0 Å². The van der Waals surface area contributed by atoms with Crippen molar-refractivity contribution in [2.45, 2.75) is 6.04 Å². The summed E-state index contributed by atoms with van der Waals surface area (Å²) in [6, 6.07) is 5.93. The average molecular weight is 358 g/mol. The maximum absolute atomic E-state index is 13.8. The van der Waals surface area contributed by atoms with E-state index in [0.29, 0.717) is 6.54 Å². The van der Waals surface area contributed by atoms with Gasteiger partial charge in [0, 0.05) is 38.8 Å². The zero-order chi connectivity index (χ0) is 18.4. The van der Waals surface area contributed by atoms with Crippen LogP contribution in [-0.2, 0) is 7.05 Å². The molecule has 2 aliphatic heterocycles.